The quantitative estimate of drug-likeness (QED) is 0.441. The van der Waals surface area contributed by atoms with E-state index in [0.717, 1.165) is 0 Å². The van der Waals surface area contributed by atoms with Gasteiger partial charge >= 0.3 is 0 Å². The lowest BCUT2D eigenvalue weighted by molar-refractivity contribution is 0.609. The van der Waals surface area contributed by atoms with Crippen LogP contribution in [0.1, 0.15) is 58.5 Å². The third-order valence-corrected chi connectivity index (χ3v) is 32.3. The molecule has 0 saturated carbocycles. The van der Waals surface area contributed by atoms with Gasteiger partial charge < -0.3 is 0 Å². The molecule has 0 nitrogen and oxygen atoms in total. The molecule has 0 aromatic carbocycles. The van der Waals surface area contributed by atoms with E-state index >= 15 is 0 Å². The van der Waals surface area contributed by atoms with Crippen molar-refractivity contribution in [1.29, 1.82) is 0 Å². The molecule has 1 unspecified atom stereocenters. The van der Waals surface area contributed by atoms with Crippen molar-refractivity contribution in [3.8, 4) is 0 Å². The van der Waals surface area contributed by atoms with Crippen LogP contribution in [0.3, 0.4) is 0 Å². The summed E-state index contributed by atoms with van der Waals surface area (Å²) in [5.74, 6) is 0. The second kappa shape index (κ2) is 6.35. The number of rotatable bonds is 3. The average Bonchev–Trinajstić information content (AvgIpc) is 2.68. The Kier molecular flexibility index (Phi) is 6.11. The van der Waals surface area contributed by atoms with Gasteiger partial charge in [-0.25, -0.2) is 0 Å². The van der Waals surface area contributed by atoms with Crippen LogP contribution >= 0.6 is 23.3 Å². The normalized spacial score (nSPS) is 16.7. The maximum Gasteiger partial charge on any atom is 0.0568 e. The molecule has 0 N–H and O–H groups in total. The summed E-state index contributed by atoms with van der Waals surface area (Å²) in [6.07, 6.45) is 0. The van der Waals surface area contributed by atoms with Crippen LogP contribution in [-0.4, -0.2) is 16.1 Å². The van der Waals surface area contributed by atoms with E-state index in [1.807, 2.05) is 5.03 Å². The molecule has 1 aromatic rings. The lowest BCUT2D eigenvalue weighted by atomic mass is 10.0. The summed E-state index contributed by atoms with van der Waals surface area (Å²) in [4.78, 5) is 0. The molecule has 0 radical (unpaired) electrons. The Balaban J connectivity index is 3.84. The van der Waals surface area contributed by atoms with E-state index in [0.29, 0.717) is 15.2 Å². The van der Waals surface area contributed by atoms with E-state index < -0.39 is 16.1 Å². The molecule has 0 bridgehead atoms. The molecule has 0 amide bonds. The summed E-state index contributed by atoms with van der Waals surface area (Å²) in [5.41, 5.74) is 0.685. The van der Waals surface area contributed by atoms with Crippen molar-refractivity contribution in [1.82, 2.24) is 0 Å². The molecule has 0 fully saturated rings. The van der Waals surface area contributed by atoms with Gasteiger partial charge in [-0.1, -0.05) is 103 Å². The zero-order valence-corrected chi connectivity index (χ0v) is 22.5. The van der Waals surface area contributed by atoms with Crippen molar-refractivity contribution in [2.45, 2.75) is 103 Å². The summed E-state index contributed by atoms with van der Waals surface area (Å²) in [6.45, 7) is 33.1. The van der Waals surface area contributed by atoms with Gasteiger partial charge in [-0.3, -0.25) is 0 Å². The smallest absolute Gasteiger partial charge is 0.0568 e. The van der Waals surface area contributed by atoms with Gasteiger partial charge in [-0.05, 0) is 23.1 Å². The first-order chi connectivity index (χ1) is 9.83. The van der Waals surface area contributed by atoms with Crippen molar-refractivity contribution >= 4 is 39.4 Å². The van der Waals surface area contributed by atoms with Gasteiger partial charge in [0.15, 0.2) is 0 Å². The van der Waals surface area contributed by atoms with Crippen molar-refractivity contribution in [3.05, 3.63) is 10.1 Å². The highest BCUT2D eigenvalue weighted by Crippen LogP contribution is 2.70. The van der Waals surface area contributed by atoms with Crippen LogP contribution in [0.25, 0.3) is 0 Å². The highest BCUT2D eigenvalue weighted by atomic mass is 31.9. The lowest BCUT2D eigenvalue weighted by Crippen LogP contribution is -2.58. The minimum Gasteiger partial charge on any atom is -0.0864 e. The minimum absolute atomic E-state index is 0.0588. The summed E-state index contributed by atoms with van der Waals surface area (Å²) in [6, 6.07) is 0. The molecule has 23 heavy (non-hydrogen) atoms. The van der Waals surface area contributed by atoms with Gasteiger partial charge in [-0.2, -0.15) is 0 Å². The van der Waals surface area contributed by atoms with Crippen LogP contribution in [0.2, 0.25) is 39.3 Å². The van der Waals surface area contributed by atoms with E-state index in [4.69, 9.17) is 0 Å². The maximum atomic E-state index is 2.71. The van der Waals surface area contributed by atoms with E-state index in [2.05, 4.69) is 87.7 Å². The summed E-state index contributed by atoms with van der Waals surface area (Å²) < 4.78 is 0.597. The minimum atomic E-state index is -1.28. The van der Waals surface area contributed by atoms with Crippen molar-refractivity contribution in [2.75, 3.05) is 0 Å². The Labute approximate surface area is 152 Å². The van der Waals surface area contributed by atoms with Crippen molar-refractivity contribution < 1.29 is 0 Å². The number of hydrogen-bond acceptors (Lipinski definition) is 0. The van der Waals surface area contributed by atoms with Crippen molar-refractivity contribution in [3.63, 3.8) is 0 Å². The summed E-state index contributed by atoms with van der Waals surface area (Å²) >= 11 is 0. The second-order valence-electron chi connectivity index (χ2n) is 11.2. The zero-order chi connectivity index (χ0) is 18.6. The Hall–Kier alpha value is 1.07. The van der Waals surface area contributed by atoms with Crippen LogP contribution in [0, 0.1) is 0 Å². The Morgan fingerprint density at radius 3 is 1.35 bits per heavy atom. The maximum absolute atomic E-state index is 2.71. The van der Waals surface area contributed by atoms with Crippen LogP contribution in [-0.2, 0) is 15.2 Å². The fraction of sp³-hybridized carbons (Fsp3) is 0.889. The first kappa shape index (κ1) is 22.1. The van der Waals surface area contributed by atoms with Gasteiger partial charge in [0.05, 0.1) is 16.1 Å². The third-order valence-electron chi connectivity index (χ3n) is 5.29. The van der Waals surface area contributed by atoms with Gasteiger partial charge in [0.25, 0.3) is 0 Å². The Morgan fingerprint density at radius 2 is 1.09 bits per heavy atom. The predicted molar refractivity (Wildman–Crippen MR) is 122 cm³/mol. The molecular formula is C18H39P3Si2. The Morgan fingerprint density at radius 1 is 0.696 bits per heavy atom. The molecule has 0 saturated heterocycles. The van der Waals surface area contributed by atoms with Crippen LogP contribution in [0.4, 0.5) is 0 Å². The fourth-order valence-electron chi connectivity index (χ4n) is 3.19. The molecule has 1 atom stereocenters. The topological polar surface area (TPSA) is 0 Å². The Bertz CT molecular complexity index is 547. The molecular weight excluding hydrogens is 365 g/mol. The molecule has 5 heteroatoms. The van der Waals surface area contributed by atoms with Gasteiger partial charge in [-0.15, -0.1) is 0 Å². The molecule has 1 heterocycles. The van der Waals surface area contributed by atoms with Crippen LogP contribution in [0.15, 0.2) is 0 Å². The first-order valence-electron chi connectivity index (χ1n) is 8.82. The molecule has 1 aromatic heterocycles. The molecule has 134 valence electrons. The van der Waals surface area contributed by atoms with Crippen LogP contribution in [0.5, 0.6) is 0 Å². The van der Waals surface area contributed by atoms with Gasteiger partial charge in [0.1, 0.15) is 0 Å². The standard InChI is InChI=1S/C18H39P3Si2/c1-16(2,3)14-19-15(17(4,5)6)21(20-14)18(7,22(8,9)10)23(11,12)13/h1-13H3. The monoisotopic (exact) mass is 404 g/mol. The summed E-state index contributed by atoms with van der Waals surface area (Å²) in [5, 5.41) is 3.66. The molecule has 1 rings (SSSR count). The van der Waals surface area contributed by atoms with E-state index in [1.54, 1.807) is 21.1 Å². The van der Waals surface area contributed by atoms with E-state index in [9.17, 15) is 0 Å². The number of hydrogen-bond donors (Lipinski definition) is 0. The molecule has 0 spiro atoms. The highest BCUT2D eigenvalue weighted by molar-refractivity contribution is 8.08. The second-order valence-corrected chi connectivity index (χ2v) is 29.8. The predicted octanol–water partition coefficient (Wildman–Crippen LogP) is 8.90. The van der Waals surface area contributed by atoms with Gasteiger partial charge in [0.2, 0.25) is 0 Å². The average molecular weight is 405 g/mol. The fourth-order valence-corrected chi connectivity index (χ4v) is 34.8. The van der Waals surface area contributed by atoms with E-state index in [-0.39, 0.29) is 7.21 Å². The lowest BCUT2D eigenvalue weighted by Gasteiger charge is -2.50. The SMILES string of the molecule is CC(C)(C)c1pc(C(C)(C)C)p(C(C)([Si](C)(C)C)[Si](C)(C)C)p1. The van der Waals surface area contributed by atoms with Crippen LogP contribution < -0.4 is 0 Å². The largest absolute Gasteiger partial charge is 0.0864 e. The molecule has 0 aliphatic rings. The zero-order valence-electron chi connectivity index (χ0n) is 17.8. The van der Waals surface area contributed by atoms with Gasteiger partial charge in [0, 0.05) is 10.1 Å². The van der Waals surface area contributed by atoms with E-state index in [1.165, 1.54) is 0 Å². The third kappa shape index (κ3) is 4.26. The molecule has 0 aliphatic carbocycles. The summed E-state index contributed by atoms with van der Waals surface area (Å²) in [7, 11) is 0.688. The first-order valence-corrected chi connectivity index (χ1v) is 19.7. The molecule has 0 aliphatic heterocycles. The van der Waals surface area contributed by atoms with Crippen molar-refractivity contribution in [2.24, 2.45) is 0 Å². The highest BCUT2D eigenvalue weighted by Gasteiger charge is 2.52.